The molecule has 0 radical (unpaired) electrons. The largest absolute Gasteiger partial charge is 0.450 e. The van der Waals surface area contributed by atoms with Gasteiger partial charge in [-0.05, 0) is 56.4 Å². The summed E-state index contributed by atoms with van der Waals surface area (Å²) in [5, 5.41) is 6.27. The number of hydrogen-bond acceptors (Lipinski definition) is 8. The van der Waals surface area contributed by atoms with E-state index < -0.39 is 0 Å². The van der Waals surface area contributed by atoms with Gasteiger partial charge in [0.05, 0.1) is 31.2 Å². The summed E-state index contributed by atoms with van der Waals surface area (Å²) in [6, 6.07) is 11.0. The Kier molecular flexibility index (Phi) is 9.70. The van der Waals surface area contributed by atoms with Gasteiger partial charge >= 0.3 is 6.09 Å². The van der Waals surface area contributed by atoms with Crippen LogP contribution in [0.3, 0.4) is 0 Å². The topological polar surface area (TPSA) is 125 Å². The average molecular weight is 621 g/mol. The summed E-state index contributed by atoms with van der Waals surface area (Å²) in [6.07, 6.45) is 2.35. The Morgan fingerprint density at radius 2 is 1.80 bits per heavy atom. The molecule has 5 heterocycles. The summed E-state index contributed by atoms with van der Waals surface area (Å²) in [6.45, 7) is 8.97. The van der Waals surface area contributed by atoms with Crippen LogP contribution in [0, 0.1) is 5.92 Å². The lowest BCUT2D eigenvalue weighted by Gasteiger charge is -2.44. The van der Waals surface area contributed by atoms with E-state index in [1.165, 1.54) is 0 Å². The maximum Gasteiger partial charge on any atom is 0.409 e. The summed E-state index contributed by atoms with van der Waals surface area (Å²) >= 11 is 0. The van der Waals surface area contributed by atoms with E-state index in [1.807, 2.05) is 28.8 Å². The Morgan fingerprint density at radius 1 is 1.00 bits per heavy atom. The first kappa shape index (κ1) is 31.1. The lowest BCUT2D eigenvalue weighted by atomic mass is 9.83. The zero-order chi connectivity index (χ0) is 31.3. The van der Waals surface area contributed by atoms with Crippen LogP contribution < -0.4 is 21.1 Å². The van der Waals surface area contributed by atoms with Crippen LogP contribution in [0.15, 0.2) is 41.2 Å². The molecule has 1 aromatic heterocycles. The number of piperidine rings is 2. The summed E-state index contributed by atoms with van der Waals surface area (Å²) in [4.78, 5) is 57.5. The van der Waals surface area contributed by atoms with Gasteiger partial charge in [-0.25, -0.2) is 4.79 Å². The summed E-state index contributed by atoms with van der Waals surface area (Å²) in [5.41, 5.74) is 3.09. The SMILES string of the molecule is CCOC(=O)N1CCC(NC(=O)c2ccc(N3CC4CC(C3)c3cccc(=O)n3C4)c(NC(=O)CCN3CCOCC3)c2)CC1. The third kappa shape index (κ3) is 7.33. The summed E-state index contributed by atoms with van der Waals surface area (Å²) in [5.74, 6) is 0.217. The molecule has 2 bridgehead atoms. The zero-order valence-corrected chi connectivity index (χ0v) is 26.0. The molecule has 3 amide bonds. The number of fused-ring (bicyclic) bond motifs is 4. The van der Waals surface area contributed by atoms with Crippen molar-refractivity contribution in [1.29, 1.82) is 0 Å². The van der Waals surface area contributed by atoms with Crippen LogP contribution in [-0.4, -0.2) is 104 Å². The van der Waals surface area contributed by atoms with Crippen LogP contribution in [-0.2, 0) is 20.8 Å². The number of rotatable bonds is 8. The third-order valence-electron chi connectivity index (χ3n) is 9.47. The number of ether oxygens (including phenoxy) is 2. The van der Waals surface area contributed by atoms with Crippen molar-refractivity contribution in [2.24, 2.45) is 5.92 Å². The number of likely N-dealkylation sites (tertiary alicyclic amines) is 1. The molecular weight excluding hydrogens is 576 g/mol. The second kappa shape index (κ2) is 14.0. The highest BCUT2D eigenvalue weighted by atomic mass is 16.6. The Balaban J connectivity index is 1.17. The predicted molar refractivity (Wildman–Crippen MR) is 170 cm³/mol. The van der Waals surface area contributed by atoms with Crippen molar-refractivity contribution in [2.75, 3.05) is 75.9 Å². The molecule has 2 unspecified atom stereocenters. The average Bonchev–Trinajstić information content (AvgIpc) is 3.05. The van der Waals surface area contributed by atoms with Gasteiger partial charge < -0.3 is 34.5 Å². The molecule has 3 fully saturated rings. The van der Waals surface area contributed by atoms with E-state index in [0.717, 1.165) is 44.0 Å². The Hall–Kier alpha value is -3.90. The third-order valence-corrected chi connectivity index (χ3v) is 9.47. The van der Waals surface area contributed by atoms with Gasteiger partial charge in [-0.2, -0.15) is 0 Å². The molecule has 0 aliphatic carbocycles. The fourth-order valence-electron chi connectivity index (χ4n) is 7.13. The highest BCUT2D eigenvalue weighted by molar-refractivity contribution is 6.00. The normalized spacial score (nSPS) is 22.0. The van der Waals surface area contributed by atoms with Crippen LogP contribution >= 0.6 is 0 Å². The number of amides is 3. The molecule has 4 aliphatic heterocycles. The molecule has 0 saturated carbocycles. The molecule has 45 heavy (non-hydrogen) atoms. The highest BCUT2D eigenvalue weighted by Crippen LogP contribution is 2.39. The van der Waals surface area contributed by atoms with Crippen molar-refractivity contribution in [2.45, 2.75) is 51.1 Å². The van der Waals surface area contributed by atoms with Crippen molar-refractivity contribution < 1.29 is 23.9 Å². The second-order valence-corrected chi connectivity index (χ2v) is 12.5. The number of anilines is 2. The van der Waals surface area contributed by atoms with Crippen molar-refractivity contribution in [3.05, 3.63) is 58.0 Å². The van der Waals surface area contributed by atoms with Gasteiger partial charge in [-0.15, -0.1) is 0 Å². The Bertz CT molecular complexity index is 1450. The first-order chi connectivity index (χ1) is 21.9. The minimum atomic E-state index is -0.315. The molecule has 0 spiro atoms. The van der Waals surface area contributed by atoms with E-state index in [2.05, 4.69) is 20.4 Å². The van der Waals surface area contributed by atoms with Crippen molar-refractivity contribution in [3.8, 4) is 0 Å². The number of benzene rings is 1. The summed E-state index contributed by atoms with van der Waals surface area (Å²) in [7, 11) is 0. The fraction of sp³-hybridized carbons (Fsp3) is 0.576. The minimum Gasteiger partial charge on any atom is -0.450 e. The van der Waals surface area contributed by atoms with Crippen molar-refractivity contribution in [1.82, 2.24) is 19.7 Å². The number of carbonyl (C=O) groups is 3. The number of carbonyl (C=O) groups excluding carboxylic acids is 3. The smallest absolute Gasteiger partial charge is 0.409 e. The summed E-state index contributed by atoms with van der Waals surface area (Å²) < 4.78 is 12.5. The van der Waals surface area contributed by atoms with Gasteiger partial charge in [-0.3, -0.25) is 19.3 Å². The van der Waals surface area contributed by atoms with E-state index in [1.54, 1.807) is 24.0 Å². The molecule has 2 aromatic rings. The first-order valence-corrected chi connectivity index (χ1v) is 16.3. The molecule has 2 N–H and O–H groups in total. The van der Waals surface area contributed by atoms with E-state index in [-0.39, 0.29) is 35.4 Å². The molecule has 242 valence electrons. The number of nitrogens with zero attached hydrogens (tertiary/aromatic N) is 4. The molecule has 12 heteroatoms. The van der Waals surface area contributed by atoms with Gasteiger partial charge in [0.25, 0.3) is 11.5 Å². The van der Waals surface area contributed by atoms with Gasteiger partial charge in [0.1, 0.15) is 0 Å². The van der Waals surface area contributed by atoms with Crippen LogP contribution in [0.4, 0.5) is 16.2 Å². The van der Waals surface area contributed by atoms with E-state index >= 15 is 0 Å². The van der Waals surface area contributed by atoms with Gasteiger partial charge in [0.2, 0.25) is 5.91 Å². The standard InChI is InChI=1S/C33H44N6O6/c1-2-45-33(43)37-12-8-26(9-13-37)34-32(42)24-6-7-29(27(19-24)35-30(40)10-11-36-14-16-44-17-15-36)38-20-23-18-25(22-38)28-4-3-5-31(41)39(28)21-23/h3-7,19,23,25-26H,2,8-18,20-22H2,1H3,(H,34,42)(H,35,40). The zero-order valence-electron chi connectivity index (χ0n) is 26.0. The van der Waals surface area contributed by atoms with Crippen molar-refractivity contribution >= 4 is 29.3 Å². The molecule has 12 nitrogen and oxygen atoms in total. The van der Waals surface area contributed by atoms with Crippen LogP contribution in [0.2, 0.25) is 0 Å². The molecular formula is C33H44N6O6. The minimum absolute atomic E-state index is 0.0470. The van der Waals surface area contributed by atoms with E-state index in [4.69, 9.17) is 9.47 Å². The lowest BCUT2D eigenvalue weighted by Crippen LogP contribution is -2.47. The second-order valence-electron chi connectivity index (χ2n) is 12.5. The first-order valence-electron chi connectivity index (χ1n) is 16.3. The maximum atomic E-state index is 13.4. The Labute approximate surface area is 263 Å². The van der Waals surface area contributed by atoms with Crippen LogP contribution in [0.5, 0.6) is 0 Å². The van der Waals surface area contributed by atoms with Crippen molar-refractivity contribution in [3.63, 3.8) is 0 Å². The van der Waals surface area contributed by atoms with Crippen LogP contribution in [0.1, 0.15) is 54.6 Å². The number of pyridine rings is 1. The highest BCUT2D eigenvalue weighted by Gasteiger charge is 2.35. The van der Waals surface area contributed by atoms with Gasteiger partial charge in [0, 0.05) is 88.1 Å². The number of morpholine rings is 1. The molecule has 1 aromatic carbocycles. The van der Waals surface area contributed by atoms with Gasteiger partial charge in [0.15, 0.2) is 0 Å². The molecule has 4 aliphatic rings. The molecule has 2 atom stereocenters. The monoisotopic (exact) mass is 620 g/mol. The number of nitrogens with one attached hydrogen (secondary N) is 2. The van der Waals surface area contributed by atoms with E-state index in [0.29, 0.717) is 82.4 Å². The predicted octanol–water partition coefficient (Wildman–Crippen LogP) is 2.48. The van der Waals surface area contributed by atoms with Crippen LogP contribution in [0.25, 0.3) is 0 Å². The molecule has 3 saturated heterocycles. The maximum absolute atomic E-state index is 13.4. The number of aromatic nitrogens is 1. The molecule has 6 rings (SSSR count). The number of hydrogen-bond donors (Lipinski definition) is 2. The Morgan fingerprint density at radius 3 is 2.58 bits per heavy atom. The van der Waals surface area contributed by atoms with Gasteiger partial charge in [-0.1, -0.05) is 6.07 Å². The van der Waals surface area contributed by atoms with E-state index in [9.17, 15) is 19.2 Å². The fourth-order valence-corrected chi connectivity index (χ4v) is 7.13. The lowest BCUT2D eigenvalue weighted by molar-refractivity contribution is -0.116. The quantitative estimate of drug-likeness (QED) is 0.461.